The zero-order valence-electron chi connectivity index (χ0n) is 21.0. The number of ketones is 1. The van der Waals surface area contributed by atoms with Crippen molar-refractivity contribution in [3.8, 4) is 0 Å². The third-order valence-electron chi connectivity index (χ3n) is 12.9. The number of fused-ring (bicyclic) bond motifs is 7. The van der Waals surface area contributed by atoms with Crippen LogP contribution in [0.2, 0.25) is 0 Å². The van der Waals surface area contributed by atoms with Gasteiger partial charge in [0.1, 0.15) is 5.78 Å². The lowest BCUT2D eigenvalue weighted by Gasteiger charge is -2.71. The SMILES string of the molecule is C=C(C)[C@@H]1CC[C@]2(C(=O)O)CC[C@]3(C)[C@H](CC[C@@H]4[C@@]5(C)CCC(=O)[C@H](C)[C@@H]5CC[C@]43C)[C@@H]12. The van der Waals surface area contributed by atoms with Gasteiger partial charge >= 0.3 is 5.97 Å². The van der Waals surface area contributed by atoms with Gasteiger partial charge in [0, 0.05) is 12.3 Å². The van der Waals surface area contributed by atoms with Crippen LogP contribution in [0.3, 0.4) is 0 Å². The van der Waals surface area contributed by atoms with Crippen molar-refractivity contribution in [3.05, 3.63) is 12.2 Å². The molecular weight excluding hydrogens is 396 g/mol. The van der Waals surface area contributed by atoms with Crippen molar-refractivity contribution in [2.45, 2.75) is 98.8 Å². The van der Waals surface area contributed by atoms with Crippen molar-refractivity contribution >= 4 is 11.8 Å². The van der Waals surface area contributed by atoms with E-state index >= 15 is 0 Å². The molecule has 5 aliphatic carbocycles. The monoisotopic (exact) mass is 440 g/mol. The summed E-state index contributed by atoms with van der Waals surface area (Å²) in [5, 5.41) is 10.5. The third kappa shape index (κ3) is 2.55. The molecule has 0 unspecified atom stereocenters. The quantitative estimate of drug-likeness (QED) is 0.475. The molecule has 0 aromatic heterocycles. The minimum atomic E-state index is -0.545. The molecular formula is C29H44O3. The lowest BCUT2D eigenvalue weighted by atomic mass is 9.33. The van der Waals surface area contributed by atoms with Gasteiger partial charge in [-0.1, -0.05) is 39.8 Å². The molecule has 0 radical (unpaired) electrons. The first-order chi connectivity index (χ1) is 14.9. The van der Waals surface area contributed by atoms with E-state index in [1.807, 2.05) is 0 Å². The van der Waals surface area contributed by atoms with Crippen LogP contribution in [-0.4, -0.2) is 16.9 Å². The molecule has 32 heavy (non-hydrogen) atoms. The first-order valence-electron chi connectivity index (χ1n) is 13.3. The molecule has 0 heterocycles. The van der Waals surface area contributed by atoms with Crippen LogP contribution in [-0.2, 0) is 9.59 Å². The van der Waals surface area contributed by atoms with E-state index in [1.165, 1.54) is 18.4 Å². The topological polar surface area (TPSA) is 54.4 Å². The van der Waals surface area contributed by atoms with Crippen LogP contribution in [0, 0.1) is 57.2 Å². The second-order valence-electron chi connectivity index (χ2n) is 13.5. The Morgan fingerprint density at radius 2 is 1.66 bits per heavy atom. The molecule has 1 N–H and O–H groups in total. The number of allylic oxidation sites excluding steroid dienone is 1. The van der Waals surface area contributed by atoms with E-state index in [0.29, 0.717) is 29.5 Å². The Hall–Kier alpha value is -1.12. The van der Waals surface area contributed by atoms with Crippen LogP contribution < -0.4 is 0 Å². The van der Waals surface area contributed by atoms with E-state index in [4.69, 9.17) is 0 Å². The molecule has 3 heteroatoms. The summed E-state index contributed by atoms with van der Waals surface area (Å²) in [5.74, 6) is 2.39. The largest absolute Gasteiger partial charge is 0.481 e. The number of hydrogen-bond acceptors (Lipinski definition) is 2. The molecule has 5 aliphatic rings. The van der Waals surface area contributed by atoms with Crippen molar-refractivity contribution in [2.75, 3.05) is 0 Å². The van der Waals surface area contributed by atoms with Gasteiger partial charge in [0.2, 0.25) is 0 Å². The molecule has 0 aromatic carbocycles. The van der Waals surface area contributed by atoms with Gasteiger partial charge < -0.3 is 5.11 Å². The predicted octanol–water partition coefficient (Wildman–Crippen LogP) is 6.91. The van der Waals surface area contributed by atoms with Crippen molar-refractivity contribution in [1.82, 2.24) is 0 Å². The van der Waals surface area contributed by atoms with Crippen LogP contribution in [0.5, 0.6) is 0 Å². The van der Waals surface area contributed by atoms with E-state index in [9.17, 15) is 14.7 Å². The first kappa shape index (κ1) is 22.7. The summed E-state index contributed by atoms with van der Waals surface area (Å²) in [6, 6.07) is 0. The minimum absolute atomic E-state index is 0.177. The molecule has 5 fully saturated rings. The number of hydrogen-bond donors (Lipinski definition) is 1. The van der Waals surface area contributed by atoms with E-state index in [0.717, 1.165) is 51.4 Å². The first-order valence-corrected chi connectivity index (χ1v) is 13.3. The molecule has 0 amide bonds. The van der Waals surface area contributed by atoms with Crippen molar-refractivity contribution in [2.24, 2.45) is 57.2 Å². The Balaban J connectivity index is 1.56. The van der Waals surface area contributed by atoms with Gasteiger partial charge in [0.25, 0.3) is 0 Å². The summed E-state index contributed by atoms with van der Waals surface area (Å²) in [6.07, 6.45) is 10.2. The van der Waals surface area contributed by atoms with Gasteiger partial charge in [-0.3, -0.25) is 9.59 Å². The van der Waals surface area contributed by atoms with E-state index in [-0.39, 0.29) is 28.1 Å². The molecule has 0 bridgehead atoms. The second kappa shape index (κ2) is 6.95. The Morgan fingerprint density at radius 1 is 0.938 bits per heavy atom. The Kier molecular flexibility index (Phi) is 4.92. The maximum atomic E-state index is 12.7. The summed E-state index contributed by atoms with van der Waals surface area (Å²) in [5.41, 5.74) is 1.32. The van der Waals surface area contributed by atoms with Crippen LogP contribution in [0.25, 0.3) is 0 Å². The van der Waals surface area contributed by atoms with Gasteiger partial charge in [-0.25, -0.2) is 0 Å². The maximum absolute atomic E-state index is 12.7. The summed E-state index contributed by atoms with van der Waals surface area (Å²) in [4.78, 5) is 25.3. The minimum Gasteiger partial charge on any atom is -0.481 e. The smallest absolute Gasteiger partial charge is 0.309 e. The molecule has 0 aromatic rings. The molecule has 10 atom stereocenters. The van der Waals surface area contributed by atoms with E-state index in [1.54, 1.807) is 0 Å². The van der Waals surface area contributed by atoms with Crippen LogP contribution in [0.4, 0.5) is 0 Å². The fourth-order valence-electron chi connectivity index (χ4n) is 10.9. The summed E-state index contributed by atoms with van der Waals surface area (Å²) < 4.78 is 0. The second-order valence-corrected chi connectivity index (χ2v) is 13.5. The van der Waals surface area contributed by atoms with Crippen LogP contribution in [0.1, 0.15) is 98.8 Å². The average Bonchev–Trinajstić information content (AvgIpc) is 3.13. The number of Topliss-reactive ketones (excluding diaryl/α,β-unsaturated/α-hetero) is 1. The van der Waals surface area contributed by atoms with Crippen molar-refractivity contribution in [1.29, 1.82) is 0 Å². The molecule has 0 saturated heterocycles. The highest BCUT2D eigenvalue weighted by Gasteiger charge is 2.71. The lowest BCUT2D eigenvalue weighted by Crippen LogP contribution is -2.65. The fraction of sp³-hybridized carbons (Fsp3) is 0.862. The number of aliphatic carboxylic acids is 1. The highest BCUT2D eigenvalue weighted by molar-refractivity contribution is 5.82. The van der Waals surface area contributed by atoms with Crippen LogP contribution >= 0.6 is 0 Å². The highest BCUT2D eigenvalue weighted by atomic mass is 16.4. The number of rotatable bonds is 2. The molecule has 0 aliphatic heterocycles. The van der Waals surface area contributed by atoms with Crippen molar-refractivity contribution < 1.29 is 14.7 Å². The maximum Gasteiger partial charge on any atom is 0.309 e. The summed E-state index contributed by atoms with van der Waals surface area (Å²) >= 11 is 0. The zero-order chi connectivity index (χ0) is 23.3. The molecule has 0 spiro atoms. The molecule has 3 nitrogen and oxygen atoms in total. The van der Waals surface area contributed by atoms with Gasteiger partial charge in [-0.15, -0.1) is 0 Å². The standard InChI is InChI=1S/C29H44O3/c1-17(2)19-9-14-29(25(31)32)16-15-27(5)21(24(19)29)7-8-23-26(4)12-11-22(30)18(3)20(26)10-13-28(23,27)6/h18-21,23-24H,1,7-16H2,2-6H3,(H,31,32)/t18-,19+,20+,21-,23-,24-,26+,27-,28-,29+/m1/s1. The van der Waals surface area contributed by atoms with Gasteiger partial charge in [-0.05, 0) is 111 Å². The third-order valence-corrected chi connectivity index (χ3v) is 12.9. The Bertz CT molecular complexity index is 860. The normalized spacial score (nSPS) is 54.7. The van der Waals surface area contributed by atoms with Gasteiger partial charge in [-0.2, -0.15) is 0 Å². The van der Waals surface area contributed by atoms with Gasteiger partial charge in [0.15, 0.2) is 0 Å². The predicted molar refractivity (Wildman–Crippen MR) is 127 cm³/mol. The lowest BCUT2D eigenvalue weighted by molar-refractivity contribution is -0.229. The number of carboxylic acid groups (broad SMARTS) is 1. The number of carboxylic acids is 1. The van der Waals surface area contributed by atoms with E-state index in [2.05, 4.69) is 41.2 Å². The fourth-order valence-corrected chi connectivity index (χ4v) is 10.9. The Labute approximate surface area is 194 Å². The van der Waals surface area contributed by atoms with Crippen LogP contribution in [0.15, 0.2) is 12.2 Å². The Morgan fingerprint density at radius 3 is 2.31 bits per heavy atom. The average molecular weight is 441 g/mol. The van der Waals surface area contributed by atoms with Gasteiger partial charge in [0.05, 0.1) is 5.41 Å². The summed E-state index contributed by atoms with van der Waals surface area (Å²) in [6.45, 7) is 16.3. The summed E-state index contributed by atoms with van der Waals surface area (Å²) in [7, 11) is 0. The number of carbonyl (C=O) groups excluding carboxylic acids is 1. The van der Waals surface area contributed by atoms with Crippen molar-refractivity contribution in [3.63, 3.8) is 0 Å². The molecule has 5 saturated carbocycles. The van der Waals surface area contributed by atoms with E-state index < -0.39 is 11.4 Å². The highest BCUT2D eigenvalue weighted by Crippen LogP contribution is 2.76. The molecule has 5 rings (SSSR count). The molecule has 178 valence electrons. The zero-order valence-corrected chi connectivity index (χ0v) is 21.0. The number of carbonyl (C=O) groups is 2.